The Balaban J connectivity index is 0.000000204. The number of fused-ring (bicyclic) bond motifs is 1. The summed E-state index contributed by atoms with van der Waals surface area (Å²) in [4.78, 5) is 5.65. The highest BCUT2D eigenvalue weighted by molar-refractivity contribution is 7.00. The van der Waals surface area contributed by atoms with Gasteiger partial charge in [0.25, 0.3) is 16.6 Å². The van der Waals surface area contributed by atoms with Crippen molar-refractivity contribution in [3.8, 4) is 0 Å². The van der Waals surface area contributed by atoms with Crippen LogP contribution < -0.4 is 20.7 Å². The Morgan fingerprint density at radius 1 is 0.692 bits per heavy atom. The Labute approximate surface area is 318 Å². The Hall–Kier alpha value is -3.54. The van der Waals surface area contributed by atoms with E-state index in [-0.39, 0.29) is 15.2 Å². The molecule has 0 bridgehead atoms. The average molecular weight is 756 g/mol. The van der Waals surface area contributed by atoms with Crippen molar-refractivity contribution >= 4 is 59.9 Å². The molecule has 0 aromatic heterocycles. The normalized spacial score (nSPS) is 17.8. The van der Waals surface area contributed by atoms with Crippen molar-refractivity contribution in [3.05, 3.63) is 121 Å². The third-order valence-electron chi connectivity index (χ3n) is 10.4. The quantitative estimate of drug-likeness (QED) is 0.0682. The molecule has 1 fully saturated rings. The zero-order valence-corrected chi connectivity index (χ0v) is 34.4. The van der Waals surface area contributed by atoms with E-state index >= 15 is 0 Å². The van der Waals surface area contributed by atoms with Gasteiger partial charge in [-0.3, -0.25) is 0 Å². The second-order valence-electron chi connectivity index (χ2n) is 15.8. The van der Waals surface area contributed by atoms with Crippen molar-refractivity contribution in [3.63, 3.8) is 0 Å². The SMILES string of the molecule is CC(C)(C)[Si](OCC/C(Cl)=N/O)(c1ccccc1)c1ccccc1.CC(C)(C)[Si](OCCC1=NO[C@@H]2CCC[C@H]12)(c1ccccc1)c1ccccc1. The molecule has 1 saturated carbocycles. The van der Waals surface area contributed by atoms with Crippen LogP contribution in [0, 0.1) is 5.92 Å². The molecule has 0 spiro atoms. The average Bonchev–Trinajstić information content (AvgIpc) is 3.78. The Morgan fingerprint density at radius 2 is 1.10 bits per heavy atom. The van der Waals surface area contributed by atoms with Crippen LogP contribution >= 0.6 is 11.6 Å². The van der Waals surface area contributed by atoms with Crippen LogP contribution in [0.15, 0.2) is 132 Å². The van der Waals surface area contributed by atoms with Crippen LogP contribution in [0.3, 0.4) is 0 Å². The number of benzene rings is 4. The van der Waals surface area contributed by atoms with Crippen LogP contribution in [0.25, 0.3) is 0 Å². The van der Waals surface area contributed by atoms with E-state index in [1.807, 2.05) is 12.1 Å². The fourth-order valence-corrected chi connectivity index (χ4v) is 17.2. The van der Waals surface area contributed by atoms with E-state index in [0.29, 0.717) is 31.7 Å². The van der Waals surface area contributed by atoms with Gasteiger partial charge in [0.15, 0.2) is 0 Å². The van der Waals surface area contributed by atoms with E-state index in [2.05, 4.69) is 161 Å². The summed E-state index contributed by atoms with van der Waals surface area (Å²) in [6.07, 6.45) is 5.19. The first-order valence-electron chi connectivity index (χ1n) is 18.5. The second-order valence-corrected chi connectivity index (χ2v) is 24.8. The number of hydrogen-bond donors (Lipinski definition) is 1. The summed E-state index contributed by atoms with van der Waals surface area (Å²) in [7, 11) is -4.97. The summed E-state index contributed by atoms with van der Waals surface area (Å²) in [6, 6.07) is 42.5. The molecule has 2 aliphatic rings. The van der Waals surface area contributed by atoms with Crippen LogP contribution in [0.1, 0.15) is 73.6 Å². The van der Waals surface area contributed by atoms with Gasteiger partial charge in [-0.1, -0.05) is 185 Å². The lowest BCUT2D eigenvalue weighted by molar-refractivity contribution is 0.0746. The molecule has 0 amide bonds. The summed E-state index contributed by atoms with van der Waals surface area (Å²) in [5.74, 6) is 0.516. The van der Waals surface area contributed by atoms with Gasteiger partial charge >= 0.3 is 0 Å². The molecule has 0 radical (unpaired) electrons. The Kier molecular flexibility index (Phi) is 13.4. The molecular formula is C43H55ClN2O4Si2. The number of hydrogen-bond acceptors (Lipinski definition) is 6. The molecule has 1 aliphatic carbocycles. The number of oxime groups is 2. The molecule has 0 unspecified atom stereocenters. The molecule has 6 nitrogen and oxygen atoms in total. The van der Waals surface area contributed by atoms with Crippen molar-refractivity contribution in [2.75, 3.05) is 13.2 Å². The van der Waals surface area contributed by atoms with Crippen molar-refractivity contribution in [1.29, 1.82) is 0 Å². The lowest BCUT2D eigenvalue weighted by Gasteiger charge is -2.43. The lowest BCUT2D eigenvalue weighted by Crippen LogP contribution is -2.66. The molecule has 4 aromatic carbocycles. The van der Waals surface area contributed by atoms with E-state index in [9.17, 15) is 0 Å². The van der Waals surface area contributed by atoms with E-state index in [0.717, 1.165) is 12.8 Å². The fraction of sp³-hybridized carbons (Fsp3) is 0.395. The summed E-state index contributed by atoms with van der Waals surface area (Å²) >= 11 is 5.84. The van der Waals surface area contributed by atoms with Gasteiger partial charge in [-0.2, -0.15) is 0 Å². The van der Waals surface area contributed by atoms with Gasteiger partial charge in [0.05, 0.1) is 5.71 Å². The highest BCUT2D eigenvalue weighted by Gasteiger charge is 2.51. The first kappa shape index (κ1) is 39.7. The molecule has 0 saturated heterocycles. The molecule has 6 rings (SSSR count). The summed E-state index contributed by atoms with van der Waals surface area (Å²) < 4.78 is 13.6. The van der Waals surface area contributed by atoms with Gasteiger partial charge in [-0.05, 0) is 50.1 Å². The van der Waals surface area contributed by atoms with Crippen molar-refractivity contribution in [2.45, 2.75) is 89.8 Å². The highest BCUT2D eigenvalue weighted by Crippen LogP contribution is 2.39. The smallest absolute Gasteiger partial charge is 0.261 e. The van der Waals surface area contributed by atoms with Gasteiger partial charge in [-0.15, -0.1) is 0 Å². The Morgan fingerprint density at radius 3 is 1.48 bits per heavy atom. The first-order valence-corrected chi connectivity index (χ1v) is 22.7. The largest absolute Gasteiger partial charge is 0.410 e. The third kappa shape index (κ3) is 8.63. The van der Waals surface area contributed by atoms with Crippen molar-refractivity contribution in [2.24, 2.45) is 16.2 Å². The van der Waals surface area contributed by atoms with Crippen LogP contribution in [-0.4, -0.2) is 52.0 Å². The molecule has 1 aliphatic heterocycles. The predicted octanol–water partition coefficient (Wildman–Crippen LogP) is 8.49. The van der Waals surface area contributed by atoms with Crippen LogP contribution in [0.2, 0.25) is 10.1 Å². The predicted molar refractivity (Wildman–Crippen MR) is 221 cm³/mol. The second kappa shape index (κ2) is 17.5. The minimum atomic E-state index is -2.52. The standard InChI is InChI=1S/C24H31NO2Si.C19H24ClNO2Si/c1-24(2,3)28(19-11-6-4-7-12-19,20-13-8-5-9-14-20)26-18-17-22-21-15-10-16-23(21)27-25-22;1-19(2,3)24(16-10-6-4-7-11-16,17-12-8-5-9-13-17)23-15-14-18(20)21-22/h4-9,11-14,21,23H,10,15-18H2,1-3H3;4-13,22H,14-15H2,1-3H3/b;21-18-/t21-,23-;/m1./s1. The summed E-state index contributed by atoms with van der Waals surface area (Å²) in [5.41, 5.74) is 1.21. The van der Waals surface area contributed by atoms with Crippen molar-refractivity contribution < 1.29 is 18.9 Å². The maximum Gasteiger partial charge on any atom is 0.261 e. The topological polar surface area (TPSA) is 72.6 Å². The number of rotatable bonds is 12. The van der Waals surface area contributed by atoms with Crippen LogP contribution in [0.4, 0.5) is 0 Å². The zero-order valence-electron chi connectivity index (χ0n) is 31.6. The van der Waals surface area contributed by atoms with Crippen molar-refractivity contribution in [1.82, 2.24) is 0 Å². The highest BCUT2D eigenvalue weighted by atomic mass is 35.5. The molecule has 2 atom stereocenters. The maximum absolute atomic E-state index is 8.77. The van der Waals surface area contributed by atoms with Gasteiger partial charge in [-0.25, -0.2) is 0 Å². The van der Waals surface area contributed by atoms with Crippen LogP contribution in [0.5, 0.6) is 0 Å². The van der Waals surface area contributed by atoms with Gasteiger partial charge < -0.3 is 18.9 Å². The minimum absolute atomic E-state index is 0.0135. The lowest BCUT2D eigenvalue weighted by atomic mass is 9.98. The Bertz CT molecular complexity index is 1670. The van der Waals surface area contributed by atoms with E-state index in [1.165, 1.54) is 39.3 Å². The molecule has 4 aromatic rings. The molecule has 52 heavy (non-hydrogen) atoms. The van der Waals surface area contributed by atoms with Crippen LogP contribution in [-0.2, 0) is 13.7 Å². The van der Waals surface area contributed by atoms with Gasteiger partial charge in [0.2, 0.25) is 0 Å². The summed E-state index contributed by atoms with van der Waals surface area (Å²) in [6.45, 7) is 14.7. The van der Waals surface area contributed by atoms with Gasteiger partial charge in [0, 0.05) is 32.0 Å². The van der Waals surface area contributed by atoms with Gasteiger partial charge in [0.1, 0.15) is 11.3 Å². The monoisotopic (exact) mass is 754 g/mol. The van der Waals surface area contributed by atoms with E-state index in [1.54, 1.807) is 0 Å². The third-order valence-corrected chi connectivity index (χ3v) is 20.8. The number of halogens is 1. The zero-order chi connectivity index (χ0) is 37.2. The maximum atomic E-state index is 8.77. The molecule has 1 N–H and O–H groups in total. The minimum Gasteiger partial charge on any atom is -0.410 e. The molecular weight excluding hydrogens is 700 g/mol. The van der Waals surface area contributed by atoms with E-state index in [4.69, 9.17) is 30.5 Å². The molecule has 1 heterocycles. The molecule has 9 heteroatoms. The number of nitrogens with zero attached hydrogens (tertiary/aromatic N) is 2. The fourth-order valence-electron chi connectivity index (χ4n) is 8.04. The van der Waals surface area contributed by atoms with E-state index < -0.39 is 16.6 Å². The summed E-state index contributed by atoms with van der Waals surface area (Å²) in [5, 5.41) is 21.4. The first-order chi connectivity index (χ1) is 24.9. The molecule has 276 valence electrons.